The maximum Gasteiger partial charge on any atom is 0.0948 e. The number of hydrogen-bond donors (Lipinski definition) is 2. The van der Waals surface area contributed by atoms with E-state index in [0.717, 1.165) is 23.5 Å². The summed E-state index contributed by atoms with van der Waals surface area (Å²) in [7, 11) is 3.97. The third kappa shape index (κ3) is 3.75. The zero-order valence-electron chi connectivity index (χ0n) is 13.3. The lowest BCUT2D eigenvalue weighted by molar-refractivity contribution is 0.818. The molecule has 0 radical (unpaired) electrons. The first-order chi connectivity index (χ1) is 11.3. The molecule has 0 saturated heterocycles. The molecule has 118 valence electrons. The quantitative estimate of drug-likeness (QED) is 0.674. The van der Waals surface area contributed by atoms with Crippen molar-refractivity contribution >= 4 is 17.6 Å². The molecule has 0 unspecified atom stereocenters. The number of aromatic nitrogens is 2. The van der Waals surface area contributed by atoms with Gasteiger partial charge in [-0.05, 0) is 42.8 Å². The standard InChI is InChI=1S/C18H20N4S/c1-19-11-14-8-9-16(18-12-20-13-22(18)2)17(10-14)21-23-15-6-4-3-5-7-15/h3-10,12-13,19,21H,11H2,1-2H3. The fourth-order valence-electron chi connectivity index (χ4n) is 2.43. The molecule has 1 heterocycles. The Balaban J connectivity index is 1.91. The van der Waals surface area contributed by atoms with E-state index in [1.807, 2.05) is 49.4 Å². The Kier molecular flexibility index (Phi) is 5.00. The number of anilines is 1. The van der Waals surface area contributed by atoms with Crippen LogP contribution in [-0.2, 0) is 13.6 Å². The molecule has 0 spiro atoms. The number of rotatable bonds is 6. The van der Waals surface area contributed by atoms with Gasteiger partial charge in [0.25, 0.3) is 0 Å². The molecule has 0 aliphatic heterocycles. The molecular weight excluding hydrogens is 304 g/mol. The van der Waals surface area contributed by atoms with Crippen molar-refractivity contribution < 1.29 is 0 Å². The van der Waals surface area contributed by atoms with Crippen molar-refractivity contribution in [1.82, 2.24) is 14.9 Å². The summed E-state index contributed by atoms with van der Waals surface area (Å²) < 4.78 is 5.52. The van der Waals surface area contributed by atoms with Crippen LogP contribution >= 0.6 is 11.9 Å². The first kappa shape index (κ1) is 15.6. The minimum absolute atomic E-state index is 0.844. The summed E-state index contributed by atoms with van der Waals surface area (Å²) in [5.41, 5.74) is 4.58. The predicted molar refractivity (Wildman–Crippen MR) is 97.3 cm³/mol. The van der Waals surface area contributed by atoms with Crippen LogP contribution in [-0.4, -0.2) is 16.6 Å². The Morgan fingerprint density at radius 2 is 1.96 bits per heavy atom. The molecule has 0 amide bonds. The Labute approximate surface area is 141 Å². The summed E-state index contributed by atoms with van der Waals surface area (Å²) >= 11 is 1.62. The predicted octanol–water partition coefficient (Wildman–Crippen LogP) is 3.93. The number of nitrogens with zero attached hydrogens (tertiary/aromatic N) is 2. The SMILES string of the molecule is CNCc1ccc(-c2cncn2C)c(NSc2ccccc2)c1. The topological polar surface area (TPSA) is 41.9 Å². The number of hydrogen-bond acceptors (Lipinski definition) is 4. The number of nitrogens with one attached hydrogen (secondary N) is 2. The highest BCUT2D eigenvalue weighted by molar-refractivity contribution is 8.00. The molecule has 0 atom stereocenters. The highest BCUT2D eigenvalue weighted by Crippen LogP contribution is 2.32. The van der Waals surface area contributed by atoms with Crippen LogP contribution in [0.4, 0.5) is 5.69 Å². The molecule has 0 aliphatic rings. The third-order valence-corrected chi connectivity index (χ3v) is 4.41. The van der Waals surface area contributed by atoms with Crippen LogP contribution in [0.2, 0.25) is 0 Å². The Morgan fingerprint density at radius 3 is 2.65 bits per heavy atom. The number of aryl methyl sites for hydroxylation is 1. The van der Waals surface area contributed by atoms with Gasteiger partial charge in [0.2, 0.25) is 0 Å². The smallest absolute Gasteiger partial charge is 0.0948 e. The molecule has 3 aromatic rings. The van der Waals surface area contributed by atoms with Crippen molar-refractivity contribution in [2.24, 2.45) is 7.05 Å². The van der Waals surface area contributed by atoms with Crippen molar-refractivity contribution in [3.63, 3.8) is 0 Å². The zero-order valence-corrected chi connectivity index (χ0v) is 14.1. The van der Waals surface area contributed by atoms with Gasteiger partial charge >= 0.3 is 0 Å². The summed E-state index contributed by atoms with van der Waals surface area (Å²) in [5, 5.41) is 3.20. The minimum Gasteiger partial charge on any atom is -0.334 e. The average Bonchev–Trinajstić information content (AvgIpc) is 3.00. The molecule has 0 saturated carbocycles. The second-order valence-corrected chi connectivity index (χ2v) is 6.20. The summed E-state index contributed by atoms with van der Waals surface area (Å²) in [6, 6.07) is 16.8. The van der Waals surface area contributed by atoms with Gasteiger partial charge in [-0.25, -0.2) is 4.98 Å². The maximum absolute atomic E-state index is 4.23. The van der Waals surface area contributed by atoms with Crippen LogP contribution in [0.5, 0.6) is 0 Å². The minimum atomic E-state index is 0.844. The fourth-order valence-corrected chi connectivity index (χ4v) is 3.12. The van der Waals surface area contributed by atoms with Crippen LogP contribution in [0, 0.1) is 0 Å². The zero-order chi connectivity index (χ0) is 16.1. The van der Waals surface area contributed by atoms with Crippen molar-refractivity contribution in [2.75, 3.05) is 11.8 Å². The molecule has 4 nitrogen and oxygen atoms in total. The summed E-state index contributed by atoms with van der Waals surface area (Å²) in [6.45, 7) is 0.844. The van der Waals surface area contributed by atoms with E-state index in [4.69, 9.17) is 0 Å². The normalized spacial score (nSPS) is 10.7. The molecule has 0 fully saturated rings. The first-order valence-corrected chi connectivity index (χ1v) is 8.31. The van der Waals surface area contributed by atoms with Crippen molar-refractivity contribution in [2.45, 2.75) is 11.4 Å². The van der Waals surface area contributed by atoms with Gasteiger partial charge < -0.3 is 14.6 Å². The van der Waals surface area contributed by atoms with E-state index in [1.54, 1.807) is 11.9 Å². The van der Waals surface area contributed by atoms with Crippen molar-refractivity contribution in [3.05, 3.63) is 66.6 Å². The van der Waals surface area contributed by atoms with E-state index in [-0.39, 0.29) is 0 Å². The molecule has 2 aromatic carbocycles. The lowest BCUT2D eigenvalue weighted by Gasteiger charge is -2.14. The second-order valence-electron chi connectivity index (χ2n) is 5.32. The molecule has 1 aromatic heterocycles. The van der Waals surface area contributed by atoms with E-state index in [1.165, 1.54) is 10.5 Å². The van der Waals surface area contributed by atoms with Crippen molar-refractivity contribution in [1.29, 1.82) is 0 Å². The number of benzene rings is 2. The van der Waals surface area contributed by atoms with Crippen LogP contribution in [0.3, 0.4) is 0 Å². The maximum atomic E-state index is 4.23. The van der Waals surface area contributed by atoms with Crippen LogP contribution in [0.25, 0.3) is 11.3 Å². The highest BCUT2D eigenvalue weighted by Gasteiger charge is 2.10. The second kappa shape index (κ2) is 7.35. The lowest BCUT2D eigenvalue weighted by atomic mass is 10.1. The Hall–Kier alpha value is -2.24. The Morgan fingerprint density at radius 1 is 1.13 bits per heavy atom. The van der Waals surface area contributed by atoms with E-state index < -0.39 is 0 Å². The van der Waals surface area contributed by atoms with Crippen LogP contribution in [0.1, 0.15) is 5.56 Å². The fraction of sp³-hybridized carbons (Fsp3) is 0.167. The van der Waals surface area contributed by atoms with E-state index in [2.05, 4.69) is 45.4 Å². The van der Waals surface area contributed by atoms with Crippen LogP contribution in [0.15, 0.2) is 66.0 Å². The molecule has 0 bridgehead atoms. The number of imidazole rings is 1. The molecule has 0 aliphatic carbocycles. The largest absolute Gasteiger partial charge is 0.334 e. The monoisotopic (exact) mass is 324 g/mol. The molecule has 5 heteroatoms. The van der Waals surface area contributed by atoms with Crippen molar-refractivity contribution in [3.8, 4) is 11.3 Å². The summed E-state index contributed by atoms with van der Waals surface area (Å²) in [4.78, 5) is 5.42. The first-order valence-electron chi connectivity index (χ1n) is 7.50. The summed E-state index contributed by atoms with van der Waals surface area (Å²) in [5.74, 6) is 0. The van der Waals surface area contributed by atoms with Gasteiger partial charge in [-0.15, -0.1) is 0 Å². The van der Waals surface area contributed by atoms with Gasteiger partial charge in [0.1, 0.15) is 0 Å². The summed E-state index contributed by atoms with van der Waals surface area (Å²) in [6.07, 6.45) is 3.72. The lowest BCUT2D eigenvalue weighted by Crippen LogP contribution is -2.05. The van der Waals surface area contributed by atoms with Gasteiger partial charge in [0.05, 0.1) is 23.9 Å². The van der Waals surface area contributed by atoms with Gasteiger partial charge in [-0.3, -0.25) is 0 Å². The third-order valence-electron chi connectivity index (χ3n) is 3.58. The van der Waals surface area contributed by atoms with E-state index in [0.29, 0.717) is 0 Å². The van der Waals surface area contributed by atoms with Gasteiger partial charge in [0, 0.05) is 24.1 Å². The van der Waals surface area contributed by atoms with E-state index >= 15 is 0 Å². The highest BCUT2D eigenvalue weighted by atomic mass is 32.2. The molecular formula is C18H20N4S. The van der Waals surface area contributed by atoms with Gasteiger partial charge in [-0.1, -0.05) is 30.3 Å². The van der Waals surface area contributed by atoms with Crippen LogP contribution < -0.4 is 10.0 Å². The van der Waals surface area contributed by atoms with E-state index in [9.17, 15) is 0 Å². The van der Waals surface area contributed by atoms with Gasteiger partial charge in [0.15, 0.2) is 0 Å². The van der Waals surface area contributed by atoms with Gasteiger partial charge in [-0.2, -0.15) is 0 Å². The Bertz CT molecular complexity index is 768. The average molecular weight is 324 g/mol. The molecule has 2 N–H and O–H groups in total. The molecule has 3 rings (SSSR count). The molecule has 23 heavy (non-hydrogen) atoms.